The monoisotopic (exact) mass is 355 g/mol. The number of halogens is 3. The van der Waals surface area contributed by atoms with E-state index in [-0.39, 0.29) is 10.9 Å². The van der Waals surface area contributed by atoms with E-state index < -0.39 is 11.9 Å². The molecule has 1 nitrogen and oxygen atoms in total. The molecule has 2 N–H and O–H groups in total. The molecule has 0 radical (unpaired) electrons. The maximum Gasteiger partial charge on any atom is 0.147 e. The Balaban J connectivity index is 2.39. The van der Waals surface area contributed by atoms with Gasteiger partial charge in [-0.1, -0.05) is 54.9 Å². The van der Waals surface area contributed by atoms with Gasteiger partial charge in [0.2, 0.25) is 0 Å². The standard InChI is InChI=1S/C16H16BrClFN/c1-2-11(10-6-4-3-5-7-10)16(20)12-8-9-13(17)14(18)15(12)19/h3-9,11,16H,2,20H2,1H3. The van der Waals surface area contributed by atoms with Crippen LogP contribution in [-0.2, 0) is 0 Å². The zero-order chi connectivity index (χ0) is 14.7. The van der Waals surface area contributed by atoms with Crippen molar-refractivity contribution in [2.75, 3.05) is 0 Å². The summed E-state index contributed by atoms with van der Waals surface area (Å²) in [7, 11) is 0. The number of nitrogens with two attached hydrogens (primary N) is 1. The Morgan fingerprint density at radius 1 is 1.20 bits per heavy atom. The third-order valence-electron chi connectivity index (χ3n) is 3.53. The molecule has 0 spiro atoms. The quantitative estimate of drug-likeness (QED) is 0.726. The van der Waals surface area contributed by atoms with E-state index >= 15 is 0 Å². The van der Waals surface area contributed by atoms with Crippen LogP contribution in [0.3, 0.4) is 0 Å². The van der Waals surface area contributed by atoms with E-state index in [1.165, 1.54) is 0 Å². The van der Waals surface area contributed by atoms with Crippen molar-refractivity contribution in [3.63, 3.8) is 0 Å². The molecule has 0 bridgehead atoms. The van der Waals surface area contributed by atoms with E-state index in [1.807, 2.05) is 30.3 Å². The van der Waals surface area contributed by atoms with Gasteiger partial charge in [0.05, 0.1) is 5.02 Å². The number of rotatable bonds is 4. The molecule has 0 saturated heterocycles. The zero-order valence-corrected chi connectivity index (χ0v) is 13.5. The Labute approximate surface area is 132 Å². The van der Waals surface area contributed by atoms with Crippen molar-refractivity contribution in [2.24, 2.45) is 5.73 Å². The van der Waals surface area contributed by atoms with Gasteiger partial charge in [-0.3, -0.25) is 0 Å². The van der Waals surface area contributed by atoms with Crippen LogP contribution < -0.4 is 5.73 Å². The highest BCUT2D eigenvalue weighted by Gasteiger charge is 2.24. The Morgan fingerprint density at radius 2 is 1.85 bits per heavy atom. The molecule has 0 aromatic heterocycles. The van der Waals surface area contributed by atoms with Crippen LogP contribution in [0.1, 0.15) is 36.4 Å². The molecule has 0 heterocycles. The van der Waals surface area contributed by atoms with Gasteiger partial charge in [0, 0.05) is 22.0 Å². The first kappa shape index (κ1) is 15.5. The SMILES string of the molecule is CCC(c1ccccc1)C(N)c1ccc(Br)c(Cl)c1F. The highest BCUT2D eigenvalue weighted by molar-refractivity contribution is 9.10. The molecule has 2 unspecified atom stereocenters. The van der Waals surface area contributed by atoms with Gasteiger partial charge in [0.1, 0.15) is 5.82 Å². The van der Waals surface area contributed by atoms with Crippen LogP contribution >= 0.6 is 27.5 Å². The molecule has 0 aliphatic carbocycles. The summed E-state index contributed by atoms with van der Waals surface area (Å²) in [4.78, 5) is 0. The minimum Gasteiger partial charge on any atom is -0.323 e. The van der Waals surface area contributed by atoms with Gasteiger partial charge in [0.15, 0.2) is 0 Å². The van der Waals surface area contributed by atoms with Crippen LogP contribution in [0.5, 0.6) is 0 Å². The molecule has 0 amide bonds. The highest BCUT2D eigenvalue weighted by Crippen LogP contribution is 2.36. The van der Waals surface area contributed by atoms with Gasteiger partial charge in [-0.2, -0.15) is 0 Å². The molecule has 2 atom stereocenters. The van der Waals surface area contributed by atoms with Crippen molar-refractivity contribution in [1.82, 2.24) is 0 Å². The van der Waals surface area contributed by atoms with Gasteiger partial charge in [-0.05, 0) is 34.0 Å². The van der Waals surface area contributed by atoms with Gasteiger partial charge in [-0.25, -0.2) is 4.39 Å². The molecule has 2 aromatic carbocycles. The normalized spacial score (nSPS) is 14.1. The summed E-state index contributed by atoms with van der Waals surface area (Å²) in [6.07, 6.45) is 0.832. The molecular formula is C16H16BrClFN. The van der Waals surface area contributed by atoms with E-state index in [2.05, 4.69) is 22.9 Å². The second kappa shape index (κ2) is 6.70. The van der Waals surface area contributed by atoms with Crippen molar-refractivity contribution < 1.29 is 4.39 Å². The Hall–Kier alpha value is -0.900. The third-order valence-corrected chi connectivity index (χ3v) is 4.78. The summed E-state index contributed by atoms with van der Waals surface area (Å²) in [5, 5.41) is 0.0841. The molecule has 0 aliphatic heterocycles. The molecule has 4 heteroatoms. The molecule has 20 heavy (non-hydrogen) atoms. The lowest BCUT2D eigenvalue weighted by Crippen LogP contribution is -2.21. The smallest absolute Gasteiger partial charge is 0.147 e. The molecule has 0 fully saturated rings. The van der Waals surface area contributed by atoms with Gasteiger partial charge in [0.25, 0.3) is 0 Å². The fourth-order valence-electron chi connectivity index (χ4n) is 2.41. The summed E-state index contributed by atoms with van der Waals surface area (Å²) < 4.78 is 14.8. The van der Waals surface area contributed by atoms with E-state index in [0.717, 1.165) is 12.0 Å². The fraction of sp³-hybridized carbons (Fsp3) is 0.250. The van der Waals surface area contributed by atoms with Crippen LogP contribution in [0.2, 0.25) is 5.02 Å². The van der Waals surface area contributed by atoms with Crippen molar-refractivity contribution in [1.29, 1.82) is 0 Å². The van der Waals surface area contributed by atoms with E-state index in [0.29, 0.717) is 10.0 Å². The molecule has 0 aliphatic rings. The van der Waals surface area contributed by atoms with Crippen molar-refractivity contribution >= 4 is 27.5 Å². The Kier molecular flexibility index (Phi) is 5.19. The first-order chi connectivity index (χ1) is 9.56. The average molecular weight is 357 g/mol. The fourth-order valence-corrected chi connectivity index (χ4v) is 2.89. The van der Waals surface area contributed by atoms with Crippen LogP contribution in [-0.4, -0.2) is 0 Å². The van der Waals surface area contributed by atoms with Crippen LogP contribution in [0.25, 0.3) is 0 Å². The molecule has 2 aromatic rings. The second-order valence-electron chi connectivity index (χ2n) is 4.72. The zero-order valence-electron chi connectivity index (χ0n) is 11.1. The molecule has 2 rings (SSSR count). The maximum atomic E-state index is 14.3. The number of hydrogen-bond donors (Lipinski definition) is 1. The van der Waals surface area contributed by atoms with Crippen LogP contribution in [0.15, 0.2) is 46.9 Å². The minimum absolute atomic E-state index is 0.0583. The summed E-state index contributed by atoms with van der Waals surface area (Å²) in [5.41, 5.74) is 7.85. The average Bonchev–Trinajstić information content (AvgIpc) is 2.47. The van der Waals surface area contributed by atoms with E-state index in [9.17, 15) is 4.39 Å². The predicted octanol–water partition coefficient (Wildman–Crippen LogP) is 5.44. The topological polar surface area (TPSA) is 26.0 Å². The minimum atomic E-state index is -0.442. The van der Waals surface area contributed by atoms with Crippen LogP contribution in [0.4, 0.5) is 4.39 Å². The Morgan fingerprint density at radius 3 is 2.45 bits per heavy atom. The van der Waals surface area contributed by atoms with E-state index in [1.54, 1.807) is 12.1 Å². The number of hydrogen-bond acceptors (Lipinski definition) is 1. The second-order valence-corrected chi connectivity index (χ2v) is 5.95. The molecule has 0 saturated carbocycles. The largest absolute Gasteiger partial charge is 0.323 e. The summed E-state index contributed by atoms with van der Waals surface area (Å²) >= 11 is 9.16. The van der Waals surface area contributed by atoms with Crippen LogP contribution in [0, 0.1) is 5.82 Å². The highest BCUT2D eigenvalue weighted by atomic mass is 79.9. The van der Waals surface area contributed by atoms with Crippen molar-refractivity contribution in [2.45, 2.75) is 25.3 Å². The predicted molar refractivity (Wildman–Crippen MR) is 85.5 cm³/mol. The Bertz CT molecular complexity index is 589. The maximum absolute atomic E-state index is 14.3. The molecule has 106 valence electrons. The van der Waals surface area contributed by atoms with E-state index in [4.69, 9.17) is 17.3 Å². The lowest BCUT2D eigenvalue weighted by Gasteiger charge is -2.24. The first-order valence-corrected chi connectivity index (χ1v) is 7.67. The lowest BCUT2D eigenvalue weighted by atomic mass is 9.85. The summed E-state index contributed by atoms with van der Waals surface area (Å²) in [6.45, 7) is 2.05. The van der Waals surface area contributed by atoms with Crippen molar-refractivity contribution in [3.8, 4) is 0 Å². The molecular weight excluding hydrogens is 341 g/mol. The number of benzene rings is 2. The lowest BCUT2D eigenvalue weighted by molar-refractivity contribution is 0.505. The van der Waals surface area contributed by atoms with Crippen molar-refractivity contribution in [3.05, 3.63) is 68.9 Å². The van der Waals surface area contributed by atoms with Gasteiger partial charge in [-0.15, -0.1) is 0 Å². The first-order valence-electron chi connectivity index (χ1n) is 6.50. The third kappa shape index (κ3) is 3.05. The summed E-state index contributed by atoms with van der Waals surface area (Å²) in [6, 6.07) is 12.9. The summed E-state index contributed by atoms with van der Waals surface area (Å²) in [5.74, 6) is -0.383. The van der Waals surface area contributed by atoms with Gasteiger partial charge < -0.3 is 5.73 Å². The van der Waals surface area contributed by atoms with Gasteiger partial charge >= 0.3 is 0 Å².